The van der Waals surface area contributed by atoms with Crippen molar-refractivity contribution in [3.8, 4) is 0 Å². The highest BCUT2D eigenvalue weighted by Gasteiger charge is 2.38. The molecular weight excluding hydrogens is 348 g/mol. The third-order valence-corrected chi connectivity index (χ3v) is 5.38. The van der Waals surface area contributed by atoms with Crippen LogP contribution in [0.4, 0.5) is 9.59 Å². The largest absolute Gasteiger partial charge is 0.466 e. The quantitative estimate of drug-likeness (QED) is 0.361. The van der Waals surface area contributed by atoms with Gasteiger partial charge in [0.1, 0.15) is 0 Å². The molecule has 0 unspecified atom stereocenters. The minimum Gasteiger partial charge on any atom is -0.466 e. The zero-order valence-corrected chi connectivity index (χ0v) is 15.9. The van der Waals surface area contributed by atoms with Gasteiger partial charge in [0, 0.05) is 17.4 Å². The number of alkyl carbamates (subject to hydrolysis) is 2. The zero-order valence-electron chi connectivity index (χ0n) is 15.0. The van der Waals surface area contributed by atoms with Crippen LogP contribution >= 0.6 is 11.8 Å². The van der Waals surface area contributed by atoms with Crippen molar-refractivity contribution in [2.24, 2.45) is 0 Å². The Bertz CT molecular complexity index is 448. The Morgan fingerprint density at radius 3 is 2.40 bits per heavy atom. The van der Waals surface area contributed by atoms with E-state index < -0.39 is 12.2 Å². The number of nitrogens with one attached hydrogen (secondary N) is 2. The standard InChI is InChI=1S/C16H28N2O6S/c1-4-9-24-13(19)8-6-5-7-12-14(18-16(21)23-3)11(10-25-12)17-15(20)22-2/h11-12,14H,4-10H2,1-3H3,(H,17,20)(H,18,21)/t11-,12-,14-/m1/s1. The lowest BCUT2D eigenvalue weighted by atomic mass is 10.0. The van der Waals surface area contributed by atoms with E-state index in [4.69, 9.17) is 4.74 Å². The second kappa shape index (κ2) is 11.8. The molecule has 8 nitrogen and oxygen atoms in total. The summed E-state index contributed by atoms with van der Waals surface area (Å²) < 4.78 is 14.3. The van der Waals surface area contributed by atoms with Crippen LogP contribution in [0.3, 0.4) is 0 Å². The predicted octanol–water partition coefficient (Wildman–Crippen LogP) is 2.06. The van der Waals surface area contributed by atoms with Crippen LogP contribution in [0.25, 0.3) is 0 Å². The molecule has 1 fully saturated rings. The average Bonchev–Trinajstić information content (AvgIpc) is 2.98. The van der Waals surface area contributed by atoms with Crippen LogP contribution in [0.2, 0.25) is 0 Å². The number of thioether (sulfide) groups is 1. The van der Waals surface area contributed by atoms with Gasteiger partial charge in [0.15, 0.2) is 0 Å². The fourth-order valence-electron chi connectivity index (χ4n) is 2.59. The molecule has 2 amide bonds. The summed E-state index contributed by atoms with van der Waals surface area (Å²) in [7, 11) is 2.60. The van der Waals surface area contributed by atoms with E-state index in [-0.39, 0.29) is 23.3 Å². The molecule has 0 spiro atoms. The van der Waals surface area contributed by atoms with Crippen molar-refractivity contribution < 1.29 is 28.6 Å². The van der Waals surface area contributed by atoms with Gasteiger partial charge in [-0.15, -0.1) is 0 Å². The Morgan fingerprint density at radius 2 is 1.76 bits per heavy atom. The normalized spacial score (nSPS) is 22.1. The molecule has 9 heteroatoms. The van der Waals surface area contributed by atoms with Gasteiger partial charge in [-0.05, 0) is 19.3 Å². The van der Waals surface area contributed by atoms with E-state index >= 15 is 0 Å². The summed E-state index contributed by atoms with van der Waals surface area (Å²) in [5.41, 5.74) is 0. The molecule has 144 valence electrons. The summed E-state index contributed by atoms with van der Waals surface area (Å²) in [6.07, 6.45) is 2.55. The smallest absolute Gasteiger partial charge is 0.407 e. The maximum atomic E-state index is 11.6. The second-order valence-corrected chi connectivity index (χ2v) is 7.01. The Hall–Kier alpha value is -1.64. The molecule has 0 aliphatic carbocycles. The van der Waals surface area contributed by atoms with Crippen molar-refractivity contribution in [2.45, 2.75) is 56.4 Å². The molecule has 1 rings (SSSR count). The zero-order chi connectivity index (χ0) is 18.7. The molecule has 1 aliphatic heterocycles. The van der Waals surface area contributed by atoms with Gasteiger partial charge in [0.2, 0.25) is 0 Å². The van der Waals surface area contributed by atoms with Gasteiger partial charge < -0.3 is 24.8 Å². The number of unbranched alkanes of at least 4 members (excludes halogenated alkanes) is 1. The Morgan fingerprint density at radius 1 is 1.08 bits per heavy atom. The third-order valence-electron chi connectivity index (χ3n) is 3.87. The van der Waals surface area contributed by atoms with E-state index in [9.17, 15) is 14.4 Å². The summed E-state index contributed by atoms with van der Waals surface area (Å²) in [4.78, 5) is 34.5. The van der Waals surface area contributed by atoms with Crippen molar-refractivity contribution in [1.29, 1.82) is 0 Å². The SMILES string of the molecule is CCCOC(=O)CCCC[C@H]1SC[C@@H](NC(=O)OC)[C@H]1NC(=O)OC. The van der Waals surface area contributed by atoms with Crippen LogP contribution in [0.1, 0.15) is 39.0 Å². The van der Waals surface area contributed by atoms with Crippen LogP contribution in [0.15, 0.2) is 0 Å². The topological polar surface area (TPSA) is 103 Å². The van der Waals surface area contributed by atoms with Gasteiger partial charge in [0.25, 0.3) is 0 Å². The molecule has 0 bridgehead atoms. The molecule has 1 aliphatic rings. The molecule has 0 saturated carbocycles. The molecular formula is C16H28N2O6S. The van der Waals surface area contributed by atoms with Gasteiger partial charge in [0.05, 0.1) is 32.9 Å². The first-order chi connectivity index (χ1) is 12.0. The van der Waals surface area contributed by atoms with Crippen LogP contribution in [-0.2, 0) is 19.0 Å². The number of carbonyl (C=O) groups is 3. The number of ether oxygens (including phenoxy) is 3. The molecule has 3 atom stereocenters. The fraction of sp³-hybridized carbons (Fsp3) is 0.812. The van der Waals surface area contributed by atoms with Crippen molar-refractivity contribution in [1.82, 2.24) is 10.6 Å². The maximum absolute atomic E-state index is 11.6. The lowest BCUT2D eigenvalue weighted by Gasteiger charge is -2.24. The maximum Gasteiger partial charge on any atom is 0.407 e. The second-order valence-electron chi connectivity index (χ2n) is 5.74. The number of amides is 2. The van der Waals surface area contributed by atoms with Crippen LogP contribution < -0.4 is 10.6 Å². The van der Waals surface area contributed by atoms with E-state index in [0.29, 0.717) is 18.8 Å². The lowest BCUT2D eigenvalue weighted by molar-refractivity contribution is -0.143. The lowest BCUT2D eigenvalue weighted by Crippen LogP contribution is -2.53. The summed E-state index contributed by atoms with van der Waals surface area (Å²) >= 11 is 1.68. The Balaban J connectivity index is 2.45. The van der Waals surface area contributed by atoms with Gasteiger partial charge >= 0.3 is 18.2 Å². The first-order valence-corrected chi connectivity index (χ1v) is 9.52. The number of hydrogen-bond donors (Lipinski definition) is 2. The highest BCUT2D eigenvalue weighted by Crippen LogP contribution is 2.31. The Kier molecular flexibility index (Phi) is 10.1. The minimum atomic E-state index is -0.530. The summed E-state index contributed by atoms with van der Waals surface area (Å²) in [6.45, 7) is 2.42. The summed E-state index contributed by atoms with van der Waals surface area (Å²) in [5, 5.41) is 5.67. The number of hydrogen-bond acceptors (Lipinski definition) is 7. The monoisotopic (exact) mass is 376 g/mol. The van der Waals surface area contributed by atoms with Crippen LogP contribution in [0, 0.1) is 0 Å². The highest BCUT2D eigenvalue weighted by atomic mass is 32.2. The third kappa shape index (κ3) is 7.85. The van der Waals surface area contributed by atoms with E-state index in [2.05, 4.69) is 20.1 Å². The van der Waals surface area contributed by atoms with Gasteiger partial charge in [-0.3, -0.25) is 4.79 Å². The molecule has 2 N–H and O–H groups in total. The molecule has 25 heavy (non-hydrogen) atoms. The van der Waals surface area contributed by atoms with E-state index in [0.717, 1.165) is 25.7 Å². The van der Waals surface area contributed by atoms with Crippen molar-refractivity contribution in [3.05, 3.63) is 0 Å². The van der Waals surface area contributed by atoms with E-state index in [1.54, 1.807) is 11.8 Å². The van der Waals surface area contributed by atoms with Crippen LogP contribution in [-0.4, -0.2) is 62.1 Å². The predicted molar refractivity (Wildman–Crippen MR) is 94.6 cm³/mol. The number of rotatable bonds is 9. The number of esters is 1. The molecule has 0 aromatic heterocycles. The minimum absolute atomic E-state index is 0.132. The van der Waals surface area contributed by atoms with E-state index in [1.807, 2.05) is 6.92 Å². The van der Waals surface area contributed by atoms with Crippen molar-refractivity contribution in [2.75, 3.05) is 26.6 Å². The average molecular weight is 376 g/mol. The number of methoxy groups -OCH3 is 2. The van der Waals surface area contributed by atoms with E-state index in [1.165, 1.54) is 14.2 Å². The Labute approximate surface area is 152 Å². The van der Waals surface area contributed by atoms with Crippen molar-refractivity contribution >= 4 is 29.9 Å². The first-order valence-electron chi connectivity index (χ1n) is 8.48. The molecule has 0 radical (unpaired) electrons. The first kappa shape index (κ1) is 21.4. The van der Waals surface area contributed by atoms with Gasteiger partial charge in [-0.2, -0.15) is 11.8 Å². The molecule has 0 aromatic carbocycles. The molecule has 1 saturated heterocycles. The summed E-state index contributed by atoms with van der Waals surface area (Å²) in [6, 6.07) is -0.473. The number of carbonyl (C=O) groups excluding carboxylic acids is 3. The van der Waals surface area contributed by atoms with Crippen molar-refractivity contribution in [3.63, 3.8) is 0 Å². The van der Waals surface area contributed by atoms with Gasteiger partial charge in [-0.1, -0.05) is 13.3 Å². The van der Waals surface area contributed by atoms with Crippen LogP contribution in [0.5, 0.6) is 0 Å². The summed E-state index contributed by atoms with van der Waals surface area (Å²) in [5.74, 6) is 0.503. The molecule has 1 heterocycles. The molecule has 0 aromatic rings. The fourth-order valence-corrected chi connectivity index (χ4v) is 4.13. The van der Waals surface area contributed by atoms with Gasteiger partial charge in [-0.25, -0.2) is 9.59 Å². The highest BCUT2D eigenvalue weighted by molar-refractivity contribution is 8.00.